The molecule has 5 nitrogen and oxygen atoms in total. The molecule has 0 saturated carbocycles. The van der Waals surface area contributed by atoms with Crippen molar-refractivity contribution in [3.63, 3.8) is 0 Å². The van der Waals surface area contributed by atoms with E-state index in [2.05, 4.69) is 9.72 Å². The fraction of sp³-hybridized carbons (Fsp3) is 0.105. The summed E-state index contributed by atoms with van der Waals surface area (Å²) < 4.78 is 23.8. The van der Waals surface area contributed by atoms with Gasteiger partial charge in [-0.05, 0) is 18.2 Å². The van der Waals surface area contributed by atoms with E-state index in [1.807, 2.05) is 0 Å². The number of ketones is 1. The lowest BCUT2D eigenvalue weighted by Gasteiger charge is -2.10. The fourth-order valence-corrected chi connectivity index (χ4v) is 2.35. The van der Waals surface area contributed by atoms with Crippen LogP contribution in [0.15, 0.2) is 54.6 Å². The number of benzene rings is 2. The van der Waals surface area contributed by atoms with Gasteiger partial charge >= 0.3 is 5.97 Å². The first-order valence-corrected chi connectivity index (χ1v) is 7.48. The van der Waals surface area contributed by atoms with Gasteiger partial charge in [0.05, 0.1) is 12.6 Å². The number of methoxy groups -OCH3 is 1. The molecular weight excluding hydrogens is 325 g/mol. The number of ether oxygens (including phenoxy) is 2. The Morgan fingerprint density at radius 1 is 1.08 bits per heavy atom. The number of carbonyl (C=O) groups excluding carboxylic acids is 2. The summed E-state index contributed by atoms with van der Waals surface area (Å²) >= 11 is 0. The molecule has 2 aromatic carbocycles. The van der Waals surface area contributed by atoms with Gasteiger partial charge in [-0.15, -0.1) is 0 Å². The third-order valence-electron chi connectivity index (χ3n) is 3.58. The van der Waals surface area contributed by atoms with Crippen LogP contribution in [0.5, 0.6) is 5.75 Å². The first-order chi connectivity index (χ1) is 12.1. The molecule has 0 bridgehead atoms. The molecule has 0 spiro atoms. The van der Waals surface area contributed by atoms with E-state index in [-0.39, 0.29) is 23.8 Å². The van der Waals surface area contributed by atoms with Gasteiger partial charge in [-0.25, -0.2) is 14.2 Å². The van der Waals surface area contributed by atoms with Gasteiger partial charge < -0.3 is 9.47 Å². The smallest absolute Gasteiger partial charge is 0.356 e. The summed E-state index contributed by atoms with van der Waals surface area (Å²) in [6.45, 7) is -0.250. The molecule has 3 aromatic rings. The fourth-order valence-electron chi connectivity index (χ4n) is 2.35. The van der Waals surface area contributed by atoms with Gasteiger partial charge in [0.25, 0.3) is 0 Å². The molecule has 0 saturated heterocycles. The molecule has 0 radical (unpaired) electrons. The number of halogens is 1. The molecule has 0 aliphatic rings. The van der Waals surface area contributed by atoms with E-state index in [1.165, 1.54) is 31.4 Å². The van der Waals surface area contributed by atoms with Crippen molar-refractivity contribution in [2.75, 3.05) is 13.7 Å². The summed E-state index contributed by atoms with van der Waals surface area (Å²) in [6, 6.07) is 13.9. The lowest BCUT2D eigenvalue weighted by atomic mass is 10.1. The number of esters is 1. The zero-order chi connectivity index (χ0) is 17.8. The second kappa shape index (κ2) is 7.09. The van der Waals surface area contributed by atoms with Gasteiger partial charge in [0.15, 0.2) is 18.1 Å². The van der Waals surface area contributed by atoms with Gasteiger partial charge in [0, 0.05) is 17.0 Å². The molecule has 3 rings (SSSR count). The van der Waals surface area contributed by atoms with Gasteiger partial charge in [-0.2, -0.15) is 0 Å². The number of Topliss-reactive ketones (excluding diaryl/α,β-unsaturated/α-hetero) is 1. The van der Waals surface area contributed by atoms with Gasteiger partial charge in [0.2, 0.25) is 0 Å². The number of nitrogens with zero attached hydrogens (tertiary/aromatic N) is 1. The summed E-state index contributed by atoms with van der Waals surface area (Å²) in [5.41, 5.74) is 0.885. The van der Waals surface area contributed by atoms with Crippen LogP contribution in [-0.2, 0) is 4.74 Å². The van der Waals surface area contributed by atoms with Crippen LogP contribution in [0.4, 0.5) is 4.39 Å². The number of pyridine rings is 1. The predicted molar refractivity (Wildman–Crippen MR) is 89.3 cm³/mol. The number of aromatic nitrogens is 1. The molecule has 126 valence electrons. The second-order valence-electron chi connectivity index (χ2n) is 5.24. The summed E-state index contributed by atoms with van der Waals surface area (Å²) in [5.74, 6) is -1.17. The minimum absolute atomic E-state index is 0.0174. The average molecular weight is 339 g/mol. The third kappa shape index (κ3) is 3.63. The summed E-state index contributed by atoms with van der Waals surface area (Å²) in [4.78, 5) is 28.1. The highest BCUT2D eigenvalue weighted by molar-refractivity contribution is 5.98. The summed E-state index contributed by atoms with van der Waals surface area (Å²) in [7, 11) is 1.23. The Morgan fingerprint density at radius 3 is 2.56 bits per heavy atom. The minimum Gasteiger partial charge on any atom is -0.485 e. The Labute approximate surface area is 143 Å². The highest BCUT2D eigenvalue weighted by atomic mass is 19.1. The number of carbonyl (C=O) groups is 2. The number of hydrogen-bond acceptors (Lipinski definition) is 5. The lowest BCUT2D eigenvalue weighted by Crippen LogP contribution is -2.13. The Morgan fingerprint density at radius 2 is 1.84 bits per heavy atom. The van der Waals surface area contributed by atoms with E-state index in [0.717, 1.165) is 0 Å². The first kappa shape index (κ1) is 16.6. The number of rotatable bonds is 5. The standard InChI is InChI=1S/C19H14FNO4/c1-24-19(23)16-10-18(14-9-13(20)7-8-15(14)21-16)25-11-17(22)12-5-3-2-4-6-12/h2-10H,11H2,1H3. The molecular formula is C19H14FNO4. The van der Waals surface area contributed by atoms with Crippen LogP contribution in [0.25, 0.3) is 10.9 Å². The normalized spacial score (nSPS) is 10.5. The molecule has 0 aliphatic heterocycles. The van der Waals surface area contributed by atoms with Crippen LogP contribution in [0.2, 0.25) is 0 Å². The first-order valence-electron chi connectivity index (χ1n) is 7.48. The van der Waals surface area contributed by atoms with Crippen molar-refractivity contribution in [2.45, 2.75) is 0 Å². The van der Waals surface area contributed by atoms with Crippen molar-refractivity contribution in [1.29, 1.82) is 0 Å². The zero-order valence-corrected chi connectivity index (χ0v) is 13.4. The quantitative estimate of drug-likeness (QED) is 0.526. The largest absolute Gasteiger partial charge is 0.485 e. The second-order valence-corrected chi connectivity index (χ2v) is 5.24. The molecule has 25 heavy (non-hydrogen) atoms. The monoisotopic (exact) mass is 339 g/mol. The third-order valence-corrected chi connectivity index (χ3v) is 3.58. The number of fused-ring (bicyclic) bond motifs is 1. The molecule has 0 N–H and O–H groups in total. The molecule has 0 amide bonds. The topological polar surface area (TPSA) is 65.5 Å². The average Bonchev–Trinajstić information content (AvgIpc) is 2.65. The van der Waals surface area contributed by atoms with E-state index >= 15 is 0 Å². The van der Waals surface area contributed by atoms with Crippen molar-refractivity contribution in [3.05, 3.63) is 71.7 Å². The van der Waals surface area contributed by atoms with Crippen molar-refractivity contribution < 1.29 is 23.5 Å². The predicted octanol–water partition coefficient (Wildman–Crippen LogP) is 3.42. The summed E-state index contributed by atoms with van der Waals surface area (Å²) in [5, 5.41) is 0.369. The van der Waals surface area contributed by atoms with E-state index in [1.54, 1.807) is 30.3 Å². The van der Waals surface area contributed by atoms with Gasteiger partial charge in [-0.3, -0.25) is 4.79 Å². The highest BCUT2D eigenvalue weighted by Crippen LogP contribution is 2.27. The van der Waals surface area contributed by atoms with Crippen LogP contribution >= 0.6 is 0 Å². The van der Waals surface area contributed by atoms with Crippen LogP contribution in [-0.4, -0.2) is 30.5 Å². The van der Waals surface area contributed by atoms with Crippen molar-refractivity contribution in [3.8, 4) is 5.75 Å². The van der Waals surface area contributed by atoms with Crippen molar-refractivity contribution in [1.82, 2.24) is 4.98 Å². The summed E-state index contributed by atoms with van der Waals surface area (Å²) in [6.07, 6.45) is 0. The Kier molecular flexibility index (Phi) is 4.70. The van der Waals surface area contributed by atoms with Crippen LogP contribution in [0.1, 0.15) is 20.8 Å². The Bertz CT molecular complexity index is 941. The minimum atomic E-state index is -0.648. The van der Waals surface area contributed by atoms with Gasteiger partial charge in [-0.1, -0.05) is 30.3 Å². The molecule has 0 unspecified atom stereocenters. The zero-order valence-electron chi connectivity index (χ0n) is 13.4. The molecule has 0 aliphatic carbocycles. The van der Waals surface area contributed by atoms with E-state index in [4.69, 9.17) is 4.74 Å². The maximum atomic E-state index is 13.6. The maximum absolute atomic E-state index is 13.6. The van der Waals surface area contributed by atoms with Crippen LogP contribution in [0.3, 0.4) is 0 Å². The maximum Gasteiger partial charge on any atom is 0.356 e. The number of hydrogen-bond donors (Lipinski definition) is 0. The molecule has 1 heterocycles. The van der Waals surface area contributed by atoms with Crippen molar-refractivity contribution in [2.24, 2.45) is 0 Å². The Balaban J connectivity index is 1.94. The molecule has 1 aromatic heterocycles. The highest BCUT2D eigenvalue weighted by Gasteiger charge is 2.15. The van der Waals surface area contributed by atoms with E-state index in [9.17, 15) is 14.0 Å². The SMILES string of the molecule is COC(=O)c1cc(OCC(=O)c2ccccc2)c2cc(F)ccc2n1. The van der Waals surface area contributed by atoms with Crippen molar-refractivity contribution >= 4 is 22.7 Å². The van der Waals surface area contributed by atoms with Crippen LogP contribution < -0.4 is 4.74 Å². The van der Waals surface area contributed by atoms with E-state index < -0.39 is 11.8 Å². The molecule has 0 atom stereocenters. The van der Waals surface area contributed by atoms with E-state index in [0.29, 0.717) is 16.5 Å². The lowest BCUT2D eigenvalue weighted by molar-refractivity contribution is 0.0594. The Hall–Kier alpha value is -3.28. The molecule has 0 fully saturated rings. The van der Waals surface area contributed by atoms with Crippen LogP contribution in [0, 0.1) is 5.82 Å². The van der Waals surface area contributed by atoms with Gasteiger partial charge in [0.1, 0.15) is 11.6 Å². The molecule has 6 heteroatoms.